The molecule has 0 fully saturated rings. The van der Waals surface area contributed by atoms with E-state index in [9.17, 15) is 19.2 Å². The van der Waals surface area contributed by atoms with Gasteiger partial charge in [-0.05, 0) is 54.9 Å². The fourth-order valence-electron chi connectivity index (χ4n) is 1.73. The van der Waals surface area contributed by atoms with Gasteiger partial charge in [0.1, 0.15) is 23.3 Å². The molecule has 0 rings (SSSR count). The third-order valence-electron chi connectivity index (χ3n) is 2.84. The first-order valence-electron chi connectivity index (χ1n) is 8.60. The van der Waals surface area contributed by atoms with E-state index in [-0.39, 0.29) is 13.0 Å². The molecule has 0 aliphatic heterocycles. The van der Waals surface area contributed by atoms with E-state index in [0.717, 1.165) is 0 Å². The number of aliphatic carboxylic acids is 1. The van der Waals surface area contributed by atoms with Gasteiger partial charge < -0.3 is 30.5 Å². The molecule has 0 aromatic carbocycles. The fraction of sp³-hybridized carbons (Fsp3) is 0.765. The van der Waals surface area contributed by atoms with Gasteiger partial charge in [-0.3, -0.25) is 9.59 Å². The Kier molecular flexibility index (Phi) is 9.05. The molecular formula is C17H31N3O7. The summed E-state index contributed by atoms with van der Waals surface area (Å²) in [5.74, 6) is -1.92. The maximum Gasteiger partial charge on any atom is 0.408 e. The number of amides is 3. The molecular weight excluding hydrogens is 358 g/mol. The van der Waals surface area contributed by atoms with Crippen LogP contribution in [0.15, 0.2) is 0 Å². The van der Waals surface area contributed by atoms with Gasteiger partial charge in [-0.25, -0.2) is 9.59 Å². The minimum atomic E-state index is -1.22. The number of nitrogens with one attached hydrogen (secondary N) is 3. The molecule has 27 heavy (non-hydrogen) atoms. The first kappa shape index (κ1) is 24.5. The first-order chi connectivity index (χ1) is 12.1. The second-order valence-electron chi connectivity index (χ2n) is 7.98. The van der Waals surface area contributed by atoms with E-state index in [4.69, 9.17) is 14.6 Å². The highest BCUT2D eigenvalue weighted by Crippen LogP contribution is 2.08. The number of carboxylic acid groups (broad SMARTS) is 1. The van der Waals surface area contributed by atoms with E-state index < -0.39 is 47.3 Å². The van der Waals surface area contributed by atoms with Crippen LogP contribution in [0.5, 0.6) is 0 Å². The smallest absolute Gasteiger partial charge is 0.408 e. The predicted octanol–water partition coefficient (Wildman–Crippen LogP) is 1.38. The number of alkyl carbamates (subject to hydrolysis) is 2. The van der Waals surface area contributed by atoms with Crippen molar-refractivity contribution in [1.29, 1.82) is 0 Å². The predicted molar refractivity (Wildman–Crippen MR) is 97.3 cm³/mol. The number of rotatable bonds is 7. The summed E-state index contributed by atoms with van der Waals surface area (Å²) >= 11 is 0. The molecule has 0 aliphatic rings. The molecule has 0 unspecified atom stereocenters. The lowest BCUT2D eigenvalue weighted by Gasteiger charge is -2.24. The molecule has 0 bridgehead atoms. The van der Waals surface area contributed by atoms with E-state index in [1.54, 1.807) is 41.5 Å². The van der Waals surface area contributed by atoms with Gasteiger partial charge in [0.25, 0.3) is 0 Å². The molecule has 0 aliphatic carbocycles. The molecule has 0 heterocycles. The highest BCUT2D eigenvalue weighted by Gasteiger charge is 2.27. The normalized spacial score (nSPS) is 13.7. The molecule has 4 N–H and O–H groups in total. The van der Waals surface area contributed by atoms with Crippen LogP contribution in [0.4, 0.5) is 9.59 Å². The van der Waals surface area contributed by atoms with Gasteiger partial charge in [0.2, 0.25) is 5.91 Å². The van der Waals surface area contributed by atoms with Gasteiger partial charge in [0, 0.05) is 6.54 Å². The van der Waals surface area contributed by atoms with Gasteiger partial charge in [0.15, 0.2) is 0 Å². The zero-order valence-corrected chi connectivity index (χ0v) is 17.0. The number of carboxylic acids is 1. The maximum absolute atomic E-state index is 12.3. The van der Waals surface area contributed by atoms with Crippen molar-refractivity contribution in [3.8, 4) is 0 Å². The number of carbonyl (C=O) groups is 4. The molecule has 0 spiro atoms. The Hall–Kier alpha value is -2.52. The SMILES string of the molecule is C[C@H](NC(=O)[C@H](CCNC(=O)OC(C)(C)C)NC(=O)OC(C)(C)C)C(=O)O. The fourth-order valence-corrected chi connectivity index (χ4v) is 1.73. The maximum atomic E-state index is 12.3. The van der Waals surface area contributed by atoms with Crippen LogP contribution >= 0.6 is 0 Å². The lowest BCUT2D eigenvalue weighted by atomic mass is 10.1. The lowest BCUT2D eigenvalue weighted by molar-refractivity contribution is -0.141. The molecule has 0 saturated carbocycles. The van der Waals surface area contributed by atoms with Crippen molar-refractivity contribution in [2.24, 2.45) is 0 Å². The zero-order valence-electron chi connectivity index (χ0n) is 17.0. The number of ether oxygens (including phenoxy) is 2. The topological polar surface area (TPSA) is 143 Å². The van der Waals surface area contributed by atoms with Gasteiger partial charge >= 0.3 is 18.2 Å². The van der Waals surface area contributed by atoms with Gasteiger partial charge in [-0.1, -0.05) is 0 Å². The second-order valence-corrected chi connectivity index (χ2v) is 7.98. The molecule has 0 aromatic rings. The van der Waals surface area contributed by atoms with Crippen LogP contribution in [0.2, 0.25) is 0 Å². The summed E-state index contributed by atoms with van der Waals surface area (Å²) in [4.78, 5) is 46.8. The van der Waals surface area contributed by atoms with Crippen LogP contribution in [-0.4, -0.2) is 59.0 Å². The van der Waals surface area contributed by atoms with Crippen LogP contribution < -0.4 is 16.0 Å². The Labute approximate surface area is 159 Å². The number of carbonyl (C=O) groups excluding carboxylic acids is 3. The van der Waals surface area contributed by atoms with Crippen LogP contribution in [0.25, 0.3) is 0 Å². The molecule has 0 aromatic heterocycles. The minimum Gasteiger partial charge on any atom is -0.480 e. The summed E-state index contributed by atoms with van der Waals surface area (Å²) in [6, 6.07) is -2.24. The van der Waals surface area contributed by atoms with Crippen LogP contribution in [-0.2, 0) is 19.1 Å². The van der Waals surface area contributed by atoms with Crippen LogP contribution in [0, 0.1) is 0 Å². The Morgan fingerprint density at radius 2 is 1.37 bits per heavy atom. The first-order valence-corrected chi connectivity index (χ1v) is 8.60. The Bertz CT molecular complexity index is 550. The van der Waals surface area contributed by atoms with Crippen molar-refractivity contribution in [3.63, 3.8) is 0 Å². The second kappa shape index (κ2) is 9.98. The summed E-state index contributed by atoms with van der Waals surface area (Å²) in [6.45, 7) is 11.4. The van der Waals surface area contributed by atoms with Crippen molar-refractivity contribution in [3.05, 3.63) is 0 Å². The minimum absolute atomic E-state index is 0.0106. The summed E-state index contributed by atoms with van der Waals surface area (Å²) in [7, 11) is 0. The van der Waals surface area contributed by atoms with Gasteiger partial charge in [-0.2, -0.15) is 0 Å². The van der Waals surface area contributed by atoms with E-state index in [2.05, 4.69) is 16.0 Å². The molecule has 0 radical (unpaired) electrons. The van der Waals surface area contributed by atoms with E-state index in [1.807, 2.05) is 0 Å². The molecule has 10 nitrogen and oxygen atoms in total. The van der Waals surface area contributed by atoms with Gasteiger partial charge in [0.05, 0.1) is 0 Å². The largest absolute Gasteiger partial charge is 0.480 e. The standard InChI is InChI=1S/C17H31N3O7/c1-10(13(22)23)19-12(21)11(20-15(25)27-17(5,6)7)8-9-18-14(24)26-16(2,3)4/h10-11H,8-9H2,1-7H3,(H,18,24)(H,19,21)(H,20,25)(H,22,23)/t10-,11-/m0/s1. The van der Waals surface area contributed by atoms with Crippen molar-refractivity contribution in [1.82, 2.24) is 16.0 Å². The van der Waals surface area contributed by atoms with E-state index in [1.165, 1.54) is 6.92 Å². The van der Waals surface area contributed by atoms with Crippen molar-refractivity contribution in [2.75, 3.05) is 6.54 Å². The number of hydrogen-bond acceptors (Lipinski definition) is 6. The quantitative estimate of drug-likeness (QED) is 0.515. The molecule has 3 amide bonds. The monoisotopic (exact) mass is 389 g/mol. The van der Waals surface area contributed by atoms with Crippen LogP contribution in [0.1, 0.15) is 54.9 Å². The third kappa shape index (κ3) is 12.5. The summed E-state index contributed by atoms with van der Waals surface area (Å²) in [5.41, 5.74) is -1.44. The molecule has 2 atom stereocenters. The van der Waals surface area contributed by atoms with E-state index in [0.29, 0.717) is 0 Å². The summed E-state index contributed by atoms with van der Waals surface area (Å²) in [6.07, 6.45) is -1.49. The lowest BCUT2D eigenvalue weighted by Crippen LogP contribution is -2.52. The summed E-state index contributed by atoms with van der Waals surface area (Å²) in [5, 5.41) is 16.0. The molecule has 156 valence electrons. The molecule has 10 heteroatoms. The van der Waals surface area contributed by atoms with E-state index >= 15 is 0 Å². The van der Waals surface area contributed by atoms with Crippen molar-refractivity contribution < 1.29 is 33.8 Å². The van der Waals surface area contributed by atoms with Crippen LogP contribution in [0.3, 0.4) is 0 Å². The Morgan fingerprint density at radius 1 is 0.889 bits per heavy atom. The van der Waals surface area contributed by atoms with Crippen molar-refractivity contribution in [2.45, 2.75) is 78.2 Å². The number of hydrogen-bond donors (Lipinski definition) is 4. The third-order valence-corrected chi connectivity index (χ3v) is 2.84. The molecule has 0 saturated heterocycles. The van der Waals surface area contributed by atoms with Gasteiger partial charge in [-0.15, -0.1) is 0 Å². The Morgan fingerprint density at radius 3 is 1.81 bits per heavy atom. The zero-order chi connectivity index (χ0) is 21.4. The highest BCUT2D eigenvalue weighted by atomic mass is 16.6. The highest BCUT2D eigenvalue weighted by molar-refractivity contribution is 5.89. The summed E-state index contributed by atoms with van der Waals surface area (Å²) < 4.78 is 10.2. The Balaban J connectivity index is 4.87. The average molecular weight is 389 g/mol. The van der Waals surface area contributed by atoms with Crippen molar-refractivity contribution >= 4 is 24.1 Å². The average Bonchev–Trinajstić information content (AvgIpc) is 2.41.